The van der Waals surface area contributed by atoms with Gasteiger partial charge in [0.25, 0.3) is 0 Å². The molecule has 0 radical (unpaired) electrons. The third kappa shape index (κ3) is 4.59. The first-order valence-corrected chi connectivity index (χ1v) is 8.07. The van der Waals surface area contributed by atoms with Gasteiger partial charge in [0.2, 0.25) is 0 Å². The average Bonchev–Trinajstić information content (AvgIpc) is 2.88. The molecule has 1 atom stereocenters. The SMILES string of the molecule is CC(C)(CNCCC1CCCN1)c1cccc(Br)c1. The van der Waals surface area contributed by atoms with E-state index in [0.29, 0.717) is 0 Å². The Morgan fingerprint density at radius 3 is 2.95 bits per heavy atom. The standard InChI is InChI=1S/C16H25BrN2/c1-16(2,13-5-3-6-14(17)11-13)12-18-10-8-15-7-4-9-19-15/h3,5-6,11,15,18-19H,4,7-10,12H2,1-2H3. The fourth-order valence-electron chi connectivity index (χ4n) is 2.69. The maximum absolute atomic E-state index is 3.62. The minimum absolute atomic E-state index is 0.173. The lowest BCUT2D eigenvalue weighted by atomic mass is 9.84. The van der Waals surface area contributed by atoms with Crippen LogP contribution in [0.1, 0.15) is 38.7 Å². The minimum Gasteiger partial charge on any atom is -0.316 e. The van der Waals surface area contributed by atoms with Crippen molar-refractivity contribution in [1.82, 2.24) is 10.6 Å². The van der Waals surface area contributed by atoms with Crippen LogP contribution in [0.4, 0.5) is 0 Å². The van der Waals surface area contributed by atoms with Gasteiger partial charge in [0, 0.05) is 22.5 Å². The smallest absolute Gasteiger partial charge is 0.0178 e. The molecule has 0 saturated carbocycles. The van der Waals surface area contributed by atoms with Gasteiger partial charge in [-0.05, 0) is 50.0 Å². The first-order valence-electron chi connectivity index (χ1n) is 7.28. The summed E-state index contributed by atoms with van der Waals surface area (Å²) in [6.45, 7) is 7.94. The van der Waals surface area contributed by atoms with Gasteiger partial charge in [0.15, 0.2) is 0 Å². The lowest BCUT2D eigenvalue weighted by Gasteiger charge is -2.26. The molecular weight excluding hydrogens is 300 g/mol. The van der Waals surface area contributed by atoms with Crippen molar-refractivity contribution in [3.8, 4) is 0 Å². The number of halogens is 1. The molecule has 2 nitrogen and oxygen atoms in total. The Kier molecular flexibility index (Phi) is 5.43. The second-order valence-electron chi connectivity index (χ2n) is 6.15. The molecule has 1 aromatic carbocycles. The van der Waals surface area contributed by atoms with Crippen molar-refractivity contribution in [2.45, 2.75) is 44.6 Å². The van der Waals surface area contributed by atoms with Gasteiger partial charge >= 0.3 is 0 Å². The Hall–Kier alpha value is -0.380. The van der Waals surface area contributed by atoms with Crippen LogP contribution >= 0.6 is 15.9 Å². The summed E-state index contributed by atoms with van der Waals surface area (Å²) in [4.78, 5) is 0. The van der Waals surface area contributed by atoms with E-state index in [1.807, 2.05) is 0 Å². The van der Waals surface area contributed by atoms with Crippen LogP contribution in [0, 0.1) is 0 Å². The van der Waals surface area contributed by atoms with Crippen LogP contribution in [0.3, 0.4) is 0 Å². The van der Waals surface area contributed by atoms with Crippen molar-refractivity contribution < 1.29 is 0 Å². The highest BCUT2D eigenvalue weighted by molar-refractivity contribution is 9.10. The van der Waals surface area contributed by atoms with Gasteiger partial charge in [0.05, 0.1) is 0 Å². The molecule has 106 valence electrons. The van der Waals surface area contributed by atoms with E-state index in [-0.39, 0.29) is 5.41 Å². The quantitative estimate of drug-likeness (QED) is 0.783. The first-order chi connectivity index (χ1) is 9.08. The molecule has 0 aliphatic carbocycles. The molecule has 1 heterocycles. The van der Waals surface area contributed by atoms with E-state index < -0.39 is 0 Å². The van der Waals surface area contributed by atoms with E-state index in [0.717, 1.165) is 23.6 Å². The molecule has 19 heavy (non-hydrogen) atoms. The van der Waals surface area contributed by atoms with Gasteiger partial charge in [-0.3, -0.25) is 0 Å². The average molecular weight is 325 g/mol. The third-order valence-corrected chi connectivity index (χ3v) is 4.50. The molecule has 0 amide bonds. The minimum atomic E-state index is 0.173. The van der Waals surface area contributed by atoms with E-state index in [1.165, 1.54) is 31.4 Å². The molecular formula is C16H25BrN2. The van der Waals surface area contributed by atoms with Crippen molar-refractivity contribution in [2.75, 3.05) is 19.6 Å². The van der Waals surface area contributed by atoms with Gasteiger partial charge in [0.1, 0.15) is 0 Å². The van der Waals surface area contributed by atoms with E-state index in [9.17, 15) is 0 Å². The van der Waals surface area contributed by atoms with E-state index in [4.69, 9.17) is 0 Å². The second kappa shape index (κ2) is 6.87. The van der Waals surface area contributed by atoms with E-state index in [2.05, 4.69) is 64.7 Å². The van der Waals surface area contributed by atoms with Crippen LogP contribution in [0.15, 0.2) is 28.7 Å². The molecule has 0 aromatic heterocycles. The van der Waals surface area contributed by atoms with E-state index >= 15 is 0 Å². The highest BCUT2D eigenvalue weighted by Gasteiger charge is 2.20. The Morgan fingerprint density at radius 1 is 1.42 bits per heavy atom. The summed E-state index contributed by atoms with van der Waals surface area (Å²) in [6.07, 6.45) is 3.93. The second-order valence-corrected chi connectivity index (χ2v) is 7.07. The highest BCUT2D eigenvalue weighted by atomic mass is 79.9. The molecule has 3 heteroatoms. The van der Waals surface area contributed by atoms with Crippen LogP contribution < -0.4 is 10.6 Å². The maximum Gasteiger partial charge on any atom is 0.0178 e. The number of hydrogen-bond acceptors (Lipinski definition) is 2. The van der Waals surface area contributed by atoms with Gasteiger partial charge in [-0.2, -0.15) is 0 Å². The molecule has 0 spiro atoms. The van der Waals surface area contributed by atoms with Crippen LogP contribution in [0.25, 0.3) is 0 Å². The zero-order valence-corrected chi connectivity index (χ0v) is 13.6. The maximum atomic E-state index is 3.62. The van der Waals surface area contributed by atoms with E-state index in [1.54, 1.807) is 0 Å². The first kappa shape index (κ1) is 15.0. The number of nitrogens with one attached hydrogen (secondary N) is 2. The Labute approximate surface area is 125 Å². The van der Waals surface area contributed by atoms with Crippen molar-refractivity contribution in [2.24, 2.45) is 0 Å². The summed E-state index contributed by atoms with van der Waals surface area (Å²) >= 11 is 3.55. The van der Waals surface area contributed by atoms with Gasteiger partial charge in [-0.15, -0.1) is 0 Å². The predicted molar refractivity (Wildman–Crippen MR) is 85.7 cm³/mol. The summed E-state index contributed by atoms with van der Waals surface area (Å²) in [7, 11) is 0. The molecule has 1 unspecified atom stereocenters. The number of hydrogen-bond donors (Lipinski definition) is 2. The Bertz CT molecular complexity index is 397. The zero-order valence-electron chi connectivity index (χ0n) is 12.0. The van der Waals surface area contributed by atoms with Crippen LogP contribution in [-0.2, 0) is 5.41 Å². The topological polar surface area (TPSA) is 24.1 Å². The fraction of sp³-hybridized carbons (Fsp3) is 0.625. The number of benzene rings is 1. The predicted octanol–water partition coefficient (Wildman–Crippen LogP) is 3.46. The van der Waals surface area contributed by atoms with Crippen molar-refractivity contribution in [1.29, 1.82) is 0 Å². The van der Waals surface area contributed by atoms with Gasteiger partial charge in [-0.25, -0.2) is 0 Å². The molecule has 1 saturated heterocycles. The van der Waals surface area contributed by atoms with Crippen molar-refractivity contribution >= 4 is 15.9 Å². The molecule has 1 aromatic rings. The van der Waals surface area contributed by atoms with Gasteiger partial charge < -0.3 is 10.6 Å². The fourth-order valence-corrected chi connectivity index (χ4v) is 3.09. The largest absolute Gasteiger partial charge is 0.316 e. The molecule has 1 aliphatic rings. The van der Waals surface area contributed by atoms with Crippen LogP contribution in [-0.4, -0.2) is 25.7 Å². The lowest BCUT2D eigenvalue weighted by Crippen LogP contribution is -2.35. The summed E-state index contributed by atoms with van der Waals surface area (Å²) in [5.74, 6) is 0. The molecule has 2 N–H and O–H groups in total. The van der Waals surface area contributed by atoms with Crippen molar-refractivity contribution in [3.05, 3.63) is 34.3 Å². The summed E-state index contributed by atoms with van der Waals surface area (Å²) in [6, 6.07) is 9.37. The Morgan fingerprint density at radius 2 is 2.26 bits per heavy atom. The van der Waals surface area contributed by atoms with Crippen LogP contribution in [0.5, 0.6) is 0 Å². The number of rotatable bonds is 6. The zero-order chi connectivity index (χ0) is 13.7. The molecule has 1 fully saturated rings. The summed E-state index contributed by atoms with van der Waals surface area (Å²) in [5, 5.41) is 7.16. The highest BCUT2D eigenvalue weighted by Crippen LogP contribution is 2.25. The van der Waals surface area contributed by atoms with Crippen molar-refractivity contribution in [3.63, 3.8) is 0 Å². The summed E-state index contributed by atoms with van der Waals surface area (Å²) in [5.41, 5.74) is 1.56. The normalized spacial score (nSPS) is 19.8. The molecule has 2 rings (SSSR count). The lowest BCUT2D eigenvalue weighted by molar-refractivity contribution is 0.446. The Balaban J connectivity index is 1.77. The van der Waals surface area contributed by atoms with Gasteiger partial charge in [-0.1, -0.05) is 41.9 Å². The third-order valence-electron chi connectivity index (χ3n) is 4.00. The monoisotopic (exact) mass is 324 g/mol. The molecule has 1 aliphatic heterocycles. The molecule has 0 bridgehead atoms. The van der Waals surface area contributed by atoms with Crippen LogP contribution in [0.2, 0.25) is 0 Å². The summed E-state index contributed by atoms with van der Waals surface area (Å²) < 4.78 is 1.16.